The van der Waals surface area contributed by atoms with Gasteiger partial charge in [-0.15, -0.1) is 0 Å². The Morgan fingerprint density at radius 3 is 2.24 bits per heavy atom. The number of carbonyl (C=O) groups is 3. The third-order valence-electron chi connectivity index (χ3n) is 6.06. The van der Waals surface area contributed by atoms with Gasteiger partial charge in [-0.05, 0) is 86.9 Å². The lowest BCUT2D eigenvalue weighted by Crippen LogP contribution is -2.54. The Balaban J connectivity index is 1.49. The van der Waals surface area contributed by atoms with Crippen molar-refractivity contribution in [2.24, 2.45) is 0 Å². The second kappa shape index (κ2) is 11.6. The minimum atomic E-state index is -0.789. The number of hydrogen-bond acceptors (Lipinski definition) is 6. The Kier molecular flexibility index (Phi) is 8.11. The summed E-state index contributed by atoms with van der Waals surface area (Å²) >= 11 is 0. The first-order chi connectivity index (χ1) is 18.3. The summed E-state index contributed by atoms with van der Waals surface area (Å²) in [5.41, 5.74) is 4.09. The molecule has 8 nitrogen and oxygen atoms in total. The second-order valence-corrected chi connectivity index (χ2v) is 8.88. The highest BCUT2D eigenvalue weighted by atomic mass is 16.5. The van der Waals surface area contributed by atoms with Gasteiger partial charge < -0.3 is 14.2 Å². The van der Waals surface area contributed by atoms with Crippen LogP contribution in [0.3, 0.4) is 0 Å². The number of carbonyl (C=O) groups excluding carboxylic acids is 3. The highest BCUT2D eigenvalue weighted by molar-refractivity contribution is 6.39. The van der Waals surface area contributed by atoms with Gasteiger partial charge >= 0.3 is 6.03 Å². The largest absolute Gasteiger partial charge is 0.490 e. The van der Waals surface area contributed by atoms with E-state index >= 15 is 0 Å². The zero-order valence-corrected chi connectivity index (χ0v) is 21.9. The summed E-state index contributed by atoms with van der Waals surface area (Å²) in [6.45, 7) is 8.86. The average Bonchev–Trinajstić information content (AvgIpc) is 2.88. The molecule has 0 atom stereocenters. The first-order valence-electron chi connectivity index (χ1n) is 12.3. The summed E-state index contributed by atoms with van der Waals surface area (Å²) in [5, 5.41) is 2.24. The highest BCUT2D eigenvalue weighted by Crippen LogP contribution is 2.30. The zero-order valence-electron chi connectivity index (χ0n) is 21.9. The molecule has 38 heavy (non-hydrogen) atoms. The molecule has 3 aromatic carbocycles. The number of urea groups is 1. The van der Waals surface area contributed by atoms with Crippen molar-refractivity contribution in [3.05, 3.63) is 88.5 Å². The van der Waals surface area contributed by atoms with Crippen molar-refractivity contribution in [2.45, 2.75) is 27.7 Å². The molecule has 4 rings (SSSR count). The number of benzene rings is 3. The molecule has 0 unspecified atom stereocenters. The molecule has 4 amide bonds. The van der Waals surface area contributed by atoms with E-state index in [0.29, 0.717) is 42.6 Å². The first-order valence-corrected chi connectivity index (χ1v) is 12.3. The monoisotopic (exact) mass is 514 g/mol. The molecule has 0 saturated carbocycles. The van der Waals surface area contributed by atoms with Crippen LogP contribution in [0, 0.1) is 20.8 Å². The predicted octanol–water partition coefficient (Wildman–Crippen LogP) is 5.13. The fourth-order valence-electron chi connectivity index (χ4n) is 3.87. The average molecular weight is 515 g/mol. The van der Waals surface area contributed by atoms with Crippen molar-refractivity contribution in [3.63, 3.8) is 0 Å². The van der Waals surface area contributed by atoms with E-state index in [-0.39, 0.29) is 5.57 Å². The van der Waals surface area contributed by atoms with Crippen LogP contribution >= 0.6 is 0 Å². The summed E-state index contributed by atoms with van der Waals surface area (Å²) in [6.07, 6.45) is 1.43. The van der Waals surface area contributed by atoms with Gasteiger partial charge in [0.1, 0.15) is 24.5 Å². The van der Waals surface area contributed by atoms with E-state index in [1.54, 1.807) is 42.5 Å². The van der Waals surface area contributed by atoms with E-state index in [2.05, 4.69) is 5.32 Å². The quantitative estimate of drug-likeness (QED) is 0.242. The maximum Gasteiger partial charge on any atom is 0.335 e. The third kappa shape index (κ3) is 6.03. The maximum atomic E-state index is 13.2. The minimum Gasteiger partial charge on any atom is -0.490 e. The molecule has 1 heterocycles. The summed E-state index contributed by atoms with van der Waals surface area (Å²) < 4.78 is 17.4. The van der Waals surface area contributed by atoms with Gasteiger partial charge in [-0.2, -0.15) is 0 Å². The fraction of sp³-hybridized carbons (Fsp3) is 0.233. The molecule has 196 valence electrons. The molecule has 1 saturated heterocycles. The number of barbiturate groups is 1. The molecule has 0 aromatic heterocycles. The standard InChI is InChI=1S/C30H30N2O6/c1-5-36-27-18-22(9-13-26(27)38-15-14-37-24-12-8-20(3)21(4)16-24)17-25-28(33)31-30(35)32(29(25)34)23-10-6-19(2)7-11-23/h6-13,16-18H,5,14-15H2,1-4H3,(H,31,33,35)/b25-17+. The molecular formula is C30H30N2O6. The SMILES string of the molecule is CCOc1cc(/C=C2\C(=O)NC(=O)N(c3ccc(C)cc3)C2=O)ccc1OCCOc1ccc(C)c(C)c1. The summed E-state index contributed by atoms with van der Waals surface area (Å²) in [5.74, 6) is 0.281. The third-order valence-corrected chi connectivity index (χ3v) is 6.06. The van der Waals surface area contributed by atoms with Crippen molar-refractivity contribution >= 4 is 29.6 Å². The fourth-order valence-corrected chi connectivity index (χ4v) is 3.87. The van der Waals surface area contributed by atoms with Crippen molar-refractivity contribution in [3.8, 4) is 17.2 Å². The molecule has 8 heteroatoms. The molecule has 0 spiro atoms. The van der Waals surface area contributed by atoms with Gasteiger partial charge in [0.25, 0.3) is 11.8 Å². The van der Waals surface area contributed by atoms with E-state index in [9.17, 15) is 14.4 Å². The topological polar surface area (TPSA) is 94.2 Å². The molecular weight excluding hydrogens is 484 g/mol. The lowest BCUT2D eigenvalue weighted by Gasteiger charge is -2.26. The zero-order chi connectivity index (χ0) is 27.2. The lowest BCUT2D eigenvalue weighted by atomic mass is 10.1. The first kappa shape index (κ1) is 26.5. The van der Waals surface area contributed by atoms with Crippen LogP contribution in [-0.2, 0) is 9.59 Å². The van der Waals surface area contributed by atoms with Crippen molar-refractivity contribution < 1.29 is 28.6 Å². The number of hydrogen-bond donors (Lipinski definition) is 1. The molecule has 0 radical (unpaired) electrons. The van der Waals surface area contributed by atoms with Crippen LogP contribution < -0.4 is 24.4 Å². The van der Waals surface area contributed by atoms with Gasteiger partial charge in [0, 0.05) is 0 Å². The summed E-state index contributed by atoms with van der Waals surface area (Å²) in [6, 6.07) is 17.1. The number of imide groups is 2. The molecule has 3 aromatic rings. The number of ether oxygens (including phenoxy) is 3. The predicted molar refractivity (Wildman–Crippen MR) is 145 cm³/mol. The van der Waals surface area contributed by atoms with E-state index < -0.39 is 17.8 Å². The number of anilines is 1. The van der Waals surface area contributed by atoms with E-state index in [0.717, 1.165) is 21.8 Å². The van der Waals surface area contributed by atoms with Crippen molar-refractivity contribution in [1.82, 2.24) is 5.32 Å². The molecule has 1 aliphatic heterocycles. The minimum absolute atomic E-state index is 0.164. The molecule has 0 aliphatic carbocycles. The van der Waals surface area contributed by atoms with Gasteiger partial charge in [0.15, 0.2) is 11.5 Å². The van der Waals surface area contributed by atoms with Gasteiger partial charge in [0.05, 0.1) is 12.3 Å². The maximum absolute atomic E-state index is 13.2. The Morgan fingerprint density at radius 2 is 1.53 bits per heavy atom. The Bertz CT molecular complexity index is 1390. The molecule has 1 fully saturated rings. The van der Waals surface area contributed by atoms with Crippen molar-refractivity contribution in [2.75, 3.05) is 24.7 Å². The second-order valence-electron chi connectivity index (χ2n) is 8.88. The van der Waals surface area contributed by atoms with Crippen LogP contribution in [0.2, 0.25) is 0 Å². The lowest BCUT2D eigenvalue weighted by molar-refractivity contribution is -0.122. The van der Waals surface area contributed by atoms with Gasteiger partial charge in [-0.25, -0.2) is 9.69 Å². The molecule has 0 bridgehead atoms. The number of nitrogens with one attached hydrogen (secondary N) is 1. The summed E-state index contributed by atoms with van der Waals surface area (Å²) in [4.78, 5) is 39.1. The van der Waals surface area contributed by atoms with Crippen LogP contribution in [0.15, 0.2) is 66.2 Å². The van der Waals surface area contributed by atoms with E-state index in [1.807, 2.05) is 45.9 Å². The van der Waals surface area contributed by atoms with E-state index in [1.165, 1.54) is 11.6 Å². The number of amides is 4. The van der Waals surface area contributed by atoms with E-state index in [4.69, 9.17) is 14.2 Å². The number of rotatable bonds is 9. The normalized spacial score (nSPS) is 14.5. The van der Waals surface area contributed by atoms with Crippen molar-refractivity contribution in [1.29, 1.82) is 0 Å². The Morgan fingerprint density at radius 1 is 0.789 bits per heavy atom. The highest BCUT2D eigenvalue weighted by Gasteiger charge is 2.36. The smallest absolute Gasteiger partial charge is 0.335 e. The molecule has 1 aliphatic rings. The van der Waals surface area contributed by atoms with Crippen LogP contribution in [0.1, 0.15) is 29.2 Å². The van der Waals surface area contributed by atoms with Gasteiger partial charge in [-0.3, -0.25) is 14.9 Å². The van der Waals surface area contributed by atoms with Gasteiger partial charge in [-0.1, -0.05) is 29.8 Å². The number of aryl methyl sites for hydroxylation is 3. The van der Waals surface area contributed by atoms with Crippen LogP contribution in [-0.4, -0.2) is 37.7 Å². The van der Waals surface area contributed by atoms with Gasteiger partial charge in [0.2, 0.25) is 0 Å². The van der Waals surface area contributed by atoms with Crippen LogP contribution in [0.25, 0.3) is 6.08 Å². The van der Waals surface area contributed by atoms with Crippen LogP contribution in [0.5, 0.6) is 17.2 Å². The Hall–Kier alpha value is -4.59. The number of nitrogens with zero attached hydrogens (tertiary/aromatic N) is 1. The summed E-state index contributed by atoms with van der Waals surface area (Å²) in [7, 11) is 0. The van der Waals surface area contributed by atoms with Crippen LogP contribution in [0.4, 0.5) is 10.5 Å². The Labute approximate surface area is 221 Å². The molecule has 1 N–H and O–H groups in total.